The van der Waals surface area contributed by atoms with Crippen LogP contribution < -0.4 is 9.47 Å². The fourth-order valence-corrected chi connectivity index (χ4v) is 2.34. The van der Waals surface area contributed by atoms with E-state index >= 15 is 0 Å². The van der Waals surface area contributed by atoms with Crippen molar-refractivity contribution in [3.63, 3.8) is 0 Å². The highest BCUT2D eigenvalue weighted by atomic mass is 16.6. The molecule has 0 radical (unpaired) electrons. The van der Waals surface area contributed by atoms with Crippen LogP contribution in [0.5, 0.6) is 11.5 Å². The van der Waals surface area contributed by atoms with Gasteiger partial charge in [0.1, 0.15) is 13.2 Å². The number of aliphatic hydroxyl groups excluding tert-OH is 1. The molecule has 1 saturated carbocycles. The fourth-order valence-electron chi connectivity index (χ4n) is 2.34. The lowest BCUT2D eigenvalue weighted by molar-refractivity contribution is 0.0697. The lowest BCUT2D eigenvalue weighted by Crippen LogP contribution is -2.36. The molecule has 1 fully saturated rings. The minimum Gasteiger partial charge on any atom is -0.486 e. The number of para-hydroxylation sites is 1. The predicted octanol–water partition coefficient (Wildman–Crippen LogP) is 1.05. The third kappa shape index (κ3) is 2.38. The van der Waals surface area contributed by atoms with Crippen LogP contribution in [0.15, 0.2) is 18.2 Å². The second-order valence-electron chi connectivity index (χ2n) is 4.78. The van der Waals surface area contributed by atoms with Crippen LogP contribution in [0.2, 0.25) is 0 Å². The molecule has 19 heavy (non-hydrogen) atoms. The zero-order valence-electron chi connectivity index (χ0n) is 10.7. The Morgan fingerprint density at radius 1 is 1.32 bits per heavy atom. The minimum absolute atomic E-state index is 0.0192. The quantitative estimate of drug-likeness (QED) is 0.882. The number of amides is 1. The Labute approximate surface area is 111 Å². The molecule has 1 aliphatic carbocycles. The lowest BCUT2D eigenvalue weighted by atomic mass is 10.1. The summed E-state index contributed by atoms with van der Waals surface area (Å²) in [4.78, 5) is 14.3. The summed E-state index contributed by atoms with van der Waals surface area (Å²) in [7, 11) is 0. The van der Waals surface area contributed by atoms with E-state index < -0.39 is 0 Å². The number of hydrogen-bond donors (Lipinski definition) is 1. The van der Waals surface area contributed by atoms with Gasteiger partial charge in [0.05, 0.1) is 12.2 Å². The van der Waals surface area contributed by atoms with E-state index in [0.29, 0.717) is 36.8 Å². The molecule has 0 saturated heterocycles. The number of aliphatic hydroxyl groups is 1. The smallest absolute Gasteiger partial charge is 0.258 e. The van der Waals surface area contributed by atoms with E-state index in [-0.39, 0.29) is 18.6 Å². The van der Waals surface area contributed by atoms with Crippen molar-refractivity contribution < 1.29 is 19.4 Å². The van der Waals surface area contributed by atoms with E-state index in [1.807, 2.05) is 0 Å². The first kappa shape index (κ1) is 12.3. The summed E-state index contributed by atoms with van der Waals surface area (Å²) < 4.78 is 11.1. The molecule has 5 nitrogen and oxygen atoms in total. The van der Waals surface area contributed by atoms with Crippen molar-refractivity contribution in [1.82, 2.24) is 4.90 Å². The summed E-state index contributed by atoms with van der Waals surface area (Å²) in [5.74, 6) is 1.07. The van der Waals surface area contributed by atoms with Crippen LogP contribution in [-0.4, -0.2) is 48.3 Å². The van der Waals surface area contributed by atoms with E-state index in [1.165, 1.54) is 0 Å². The van der Waals surface area contributed by atoms with E-state index in [4.69, 9.17) is 14.6 Å². The Bertz CT molecular complexity index is 484. The van der Waals surface area contributed by atoms with Crippen molar-refractivity contribution in [1.29, 1.82) is 0 Å². The van der Waals surface area contributed by atoms with E-state index in [2.05, 4.69) is 0 Å². The molecule has 0 bridgehead atoms. The number of carbonyl (C=O) groups is 1. The third-order valence-corrected chi connectivity index (χ3v) is 3.39. The van der Waals surface area contributed by atoms with E-state index in [1.54, 1.807) is 23.1 Å². The molecule has 5 heteroatoms. The van der Waals surface area contributed by atoms with Gasteiger partial charge in [0.25, 0.3) is 5.91 Å². The molecule has 0 spiro atoms. The maximum Gasteiger partial charge on any atom is 0.258 e. The molecule has 2 aliphatic rings. The van der Waals surface area contributed by atoms with Crippen molar-refractivity contribution in [3.05, 3.63) is 23.8 Å². The van der Waals surface area contributed by atoms with Crippen LogP contribution in [0.25, 0.3) is 0 Å². The molecular weight excluding hydrogens is 246 g/mol. The van der Waals surface area contributed by atoms with Gasteiger partial charge in [-0.2, -0.15) is 0 Å². The highest BCUT2D eigenvalue weighted by Gasteiger charge is 2.34. The first-order valence-corrected chi connectivity index (χ1v) is 6.61. The summed E-state index contributed by atoms with van der Waals surface area (Å²) in [6.07, 6.45) is 2.02. The van der Waals surface area contributed by atoms with Gasteiger partial charge < -0.3 is 19.5 Å². The largest absolute Gasteiger partial charge is 0.486 e. The van der Waals surface area contributed by atoms with Gasteiger partial charge >= 0.3 is 0 Å². The van der Waals surface area contributed by atoms with Crippen LogP contribution in [-0.2, 0) is 0 Å². The van der Waals surface area contributed by atoms with Crippen LogP contribution >= 0.6 is 0 Å². The van der Waals surface area contributed by atoms with Gasteiger partial charge in [-0.1, -0.05) is 6.07 Å². The minimum atomic E-state index is -0.0844. The molecule has 1 amide bonds. The number of hydrogen-bond acceptors (Lipinski definition) is 4. The van der Waals surface area contributed by atoms with Crippen molar-refractivity contribution in [2.75, 3.05) is 26.4 Å². The number of carbonyl (C=O) groups excluding carboxylic acids is 1. The number of fused-ring (bicyclic) bond motifs is 1. The maximum absolute atomic E-state index is 12.6. The van der Waals surface area contributed by atoms with Crippen LogP contribution in [0.1, 0.15) is 23.2 Å². The summed E-state index contributed by atoms with van der Waals surface area (Å²) in [6, 6.07) is 5.62. The Kier molecular flexibility index (Phi) is 3.29. The van der Waals surface area contributed by atoms with E-state index in [9.17, 15) is 4.79 Å². The zero-order chi connectivity index (χ0) is 13.2. The molecule has 0 unspecified atom stereocenters. The Balaban J connectivity index is 1.90. The molecule has 1 aromatic carbocycles. The highest BCUT2D eigenvalue weighted by molar-refractivity contribution is 5.98. The number of benzene rings is 1. The van der Waals surface area contributed by atoms with Gasteiger partial charge in [-0.15, -0.1) is 0 Å². The third-order valence-electron chi connectivity index (χ3n) is 3.39. The highest BCUT2D eigenvalue weighted by Crippen LogP contribution is 2.36. The molecule has 1 aromatic rings. The summed E-state index contributed by atoms with van der Waals surface area (Å²) in [5.41, 5.74) is 0.526. The Morgan fingerprint density at radius 3 is 2.84 bits per heavy atom. The normalized spacial score (nSPS) is 17.1. The van der Waals surface area contributed by atoms with Crippen LogP contribution in [0, 0.1) is 0 Å². The van der Waals surface area contributed by atoms with Crippen molar-refractivity contribution >= 4 is 5.91 Å². The van der Waals surface area contributed by atoms with Crippen molar-refractivity contribution in [2.45, 2.75) is 18.9 Å². The van der Waals surface area contributed by atoms with Crippen molar-refractivity contribution in [2.24, 2.45) is 0 Å². The van der Waals surface area contributed by atoms with Gasteiger partial charge in [-0.05, 0) is 25.0 Å². The average molecular weight is 263 g/mol. The van der Waals surface area contributed by atoms with E-state index in [0.717, 1.165) is 12.8 Å². The SMILES string of the molecule is O=C(c1cccc2c1OCCO2)N(CCO)C1CC1. The lowest BCUT2D eigenvalue weighted by Gasteiger charge is -2.25. The van der Waals surface area contributed by atoms with Crippen LogP contribution in [0.3, 0.4) is 0 Å². The molecule has 1 aliphatic heterocycles. The molecule has 3 rings (SSSR count). The second kappa shape index (κ2) is 5.09. The molecule has 0 atom stereocenters. The molecular formula is C14H17NO4. The monoisotopic (exact) mass is 263 g/mol. The summed E-state index contributed by atoms with van der Waals surface area (Å²) in [6.45, 7) is 1.32. The summed E-state index contributed by atoms with van der Waals surface area (Å²) >= 11 is 0. The molecule has 1 heterocycles. The fraction of sp³-hybridized carbons (Fsp3) is 0.500. The molecule has 0 aromatic heterocycles. The standard InChI is InChI=1S/C14H17NO4/c16-7-6-15(10-4-5-10)14(17)11-2-1-3-12-13(11)19-9-8-18-12/h1-3,10,16H,4-9H2. The van der Waals surface area contributed by atoms with Gasteiger partial charge in [0, 0.05) is 12.6 Å². The Hall–Kier alpha value is -1.75. The first-order chi connectivity index (χ1) is 9.31. The molecule has 1 N–H and O–H groups in total. The van der Waals surface area contributed by atoms with Crippen LogP contribution in [0.4, 0.5) is 0 Å². The zero-order valence-corrected chi connectivity index (χ0v) is 10.7. The number of nitrogens with zero attached hydrogens (tertiary/aromatic N) is 1. The average Bonchev–Trinajstić information content (AvgIpc) is 3.28. The number of rotatable bonds is 4. The maximum atomic E-state index is 12.6. The topological polar surface area (TPSA) is 59.0 Å². The van der Waals surface area contributed by atoms with Gasteiger partial charge in [0.15, 0.2) is 11.5 Å². The Morgan fingerprint density at radius 2 is 2.11 bits per heavy atom. The van der Waals surface area contributed by atoms with Gasteiger partial charge in [0.2, 0.25) is 0 Å². The summed E-state index contributed by atoms with van der Waals surface area (Å²) in [5, 5.41) is 9.10. The molecule has 102 valence electrons. The van der Waals surface area contributed by atoms with Crippen molar-refractivity contribution in [3.8, 4) is 11.5 Å². The first-order valence-electron chi connectivity index (χ1n) is 6.61. The predicted molar refractivity (Wildman–Crippen MR) is 68.6 cm³/mol. The van der Waals surface area contributed by atoms with Gasteiger partial charge in [-0.25, -0.2) is 0 Å². The van der Waals surface area contributed by atoms with Gasteiger partial charge in [-0.3, -0.25) is 4.79 Å². The number of ether oxygens (including phenoxy) is 2. The second-order valence-corrected chi connectivity index (χ2v) is 4.78.